The van der Waals surface area contributed by atoms with Gasteiger partial charge in [0.15, 0.2) is 0 Å². The summed E-state index contributed by atoms with van der Waals surface area (Å²) in [6.45, 7) is 6.83. The first kappa shape index (κ1) is 16.3. The summed E-state index contributed by atoms with van der Waals surface area (Å²) in [7, 11) is 0. The van der Waals surface area contributed by atoms with Crippen molar-refractivity contribution in [1.29, 1.82) is 0 Å². The minimum absolute atomic E-state index is 0.268. The van der Waals surface area contributed by atoms with Crippen LogP contribution >= 0.6 is 0 Å². The summed E-state index contributed by atoms with van der Waals surface area (Å²) in [4.78, 5) is 24.7. The highest BCUT2D eigenvalue weighted by Gasteiger charge is 2.25. The van der Waals surface area contributed by atoms with E-state index in [0.717, 1.165) is 17.5 Å². The zero-order chi connectivity index (χ0) is 16.3. The smallest absolute Gasteiger partial charge is 0.410 e. The predicted octanol–water partition coefficient (Wildman–Crippen LogP) is 2.40. The van der Waals surface area contributed by atoms with Crippen molar-refractivity contribution < 1.29 is 14.3 Å². The SMILES string of the molecule is CC(C)(C)OC(=O)N1CCc2cc(CCC(N)=O)ccc2C1. The van der Waals surface area contributed by atoms with Crippen LogP contribution < -0.4 is 5.73 Å². The number of amides is 2. The highest BCUT2D eigenvalue weighted by Crippen LogP contribution is 2.22. The minimum Gasteiger partial charge on any atom is -0.444 e. The average Bonchev–Trinajstić information content (AvgIpc) is 2.42. The van der Waals surface area contributed by atoms with E-state index in [-0.39, 0.29) is 12.0 Å². The van der Waals surface area contributed by atoms with Crippen molar-refractivity contribution in [2.24, 2.45) is 5.73 Å². The lowest BCUT2D eigenvalue weighted by Crippen LogP contribution is -2.39. The molecule has 5 nitrogen and oxygen atoms in total. The molecule has 0 spiro atoms. The second kappa shape index (κ2) is 6.38. The Morgan fingerprint density at radius 2 is 2.00 bits per heavy atom. The van der Waals surface area contributed by atoms with E-state index in [4.69, 9.17) is 10.5 Å². The molecular weight excluding hydrogens is 280 g/mol. The van der Waals surface area contributed by atoms with E-state index in [1.54, 1.807) is 4.90 Å². The summed E-state index contributed by atoms with van der Waals surface area (Å²) >= 11 is 0. The molecule has 120 valence electrons. The van der Waals surface area contributed by atoms with Crippen LogP contribution in [0, 0.1) is 0 Å². The van der Waals surface area contributed by atoms with Gasteiger partial charge in [-0.15, -0.1) is 0 Å². The van der Waals surface area contributed by atoms with Crippen molar-refractivity contribution in [3.63, 3.8) is 0 Å². The van der Waals surface area contributed by atoms with E-state index in [1.165, 1.54) is 5.56 Å². The Hall–Kier alpha value is -2.04. The van der Waals surface area contributed by atoms with E-state index in [2.05, 4.69) is 6.07 Å². The molecule has 0 saturated heterocycles. The van der Waals surface area contributed by atoms with Crippen molar-refractivity contribution in [3.05, 3.63) is 34.9 Å². The maximum Gasteiger partial charge on any atom is 0.410 e. The van der Waals surface area contributed by atoms with Gasteiger partial charge < -0.3 is 15.4 Å². The first-order valence-corrected chi connectivity index (χ1v) is 7.61. The maximum atomic E-state index is 12.1. The molecule has 0 aromatic heterocycles. The molecule has 0 aliphatic carbocycles. The molecule has 2 N–H and O–H groups in total. The highest BCUT2D eigenvalue weighted by atomic mass is 16.6. The van der Waals surface area contributed by atoms with Gasteiger partial charge in [-0.3, -0.25) is 4.79 Å². The van der Waals surface area contributed by atoms with Crippen LogP contribution in [0.2, 0.25) is 0 Å². The summed E-state index contributed by atoms with van der Waals surface area (Å²) < 4.78 is 5.42. The molecule has 1 aliphatic rings. The lowest BCUT2D eigenvalue weighted by atomic mass is 9.96. The Morgan fingerprint density at radius 3 is 2.64 bits per heavy atom. The Balaban J connectivity index is 2.02. The van der Waals surface area contributed by atoms with Crippen LogP contribution in [0.15, 0.2) is 18.2 Å². The highest BCUT2D eigenvalue weighted by molar-refractivity contribution is 5.74. The number of nitrogens with zero attached hydrogens (tertiary/aromatic N) is 1. The zero-order valence-corrected chi connectivity index (χ0v) is 13.5. The Morgan fingerprint density at radius 1 is 1.27 bits per heavy atom. The van der Waals surface area contributed by atoms with Crippen LogP contribution in [0.25, 0.3) is 0 Å². The van der Waals surface area contributed by atoms with Crippen LogP contribution in [-0.2, 0) is 28.9 Å². The number of hydrogen-bond donors (Lipinski definition) is 1. The molecule has 1 aliphatic heterocycles. The molecule has 1 aromatic rings. The number of hydrogen-bond acceptors (Lipinski definition) is 3. The molecule has 0 atom stereocenters. The molecule has 0 fully saturated rings. The zero-order valence-electron chi connectivity index (χ0n) is 13.5. The van der Waals surface area contributed by atoms with Gasteiger partial charge in [-0.05, 0) is 50.3 Å². The van der Waals surface area contributed by atoms with Crippen molar-refractivity contribution in [2.45, 2.75) is 52.2 Å². The van der Waals surface area contributed by atoms with Crippen molar-refractivity contribution in [2.75, 3.05) is 6.54 Å². The number of rotatable bonds is 3. The molecule has 0 bridgehead atoms. The summed E-state index contributed by atoms with van der Waals surface area (Å²) in [5, 5.41) is 0. The number of benzene rings is 1. The largest absolute Gasteiger partial charge is 0.444 e. The maximum absolute atomic E-state index is 12.1. The fourth-order valence-electron chi connectivity index (χ4n) is 2.51. The third-order valence-electron chi connectivity index (χ3n) is 3.59. The first-order valence-electron chi connectivity index (χ1n) is 7.61. The molecule has 0 unspecified atom stereocenters. The number of aryl methyl sites for hydroxylation is 1. The summed E-state index contributed by atoms with van der Waals surface area (Å²) in [5.74, 6) is -0.283. The van der Waals surface area contributed by atoms with Crippen LogP contribution in [0.1, 0.15) is 43.9 Å². The summed E-state index contributed by atoms with van der Waals surface area (Å²) in [6.07, 6.45) is 1.57. The van der Waals surface area contributed by atoms with Crippen LogP contribution in [0.3, 0.4) is 0 Å². The lowest BCUT2D eigenvalue weighted by molar-refractivity contribution is -0.118. The molecule has 5 heteroatoms. The Labute approximate surface area is 131 Å². The van der Waals surface area contributed by atoms with Gasteiger partial charge in [-0.1, -0.05) is 18.2 Å². The number of ether oxygens (including phenoxy) is 1. The van der Waals surface area contributed by atoms with E-state index in [1.807, 2.05) is 32.9 Å². The molecule has 2 rings (SSSR count). The number of nitrogens with two attached hydrogens (primary N) is 1. The number of carbonyl (C=O) groups is 2. The van der Waals surface area contributed by atoms with Gasteiger partial charge in [0.1, 0.15) is 5.60 Å². The van der Waals surface area contributed by atoms with Gasteiger partial charge in [-0.25, -0.2) is 4.79 Å². The van der Waals surface area contributed by atoms with Gasteiger partial charge in [0.05, 0.1) is 0 Å². The molecule has 0 saturated carbocycles. The Kier molecular flexibility index (Phi) is 4.74. The normalized spacial score (nSPS) is 14.4. The van der Waals surface area contributed by atoms with Crippen molar-refractivity contribution in [3.8, 4) is 0 Å². The van der Waals surface area contributed by atoms with Crippen LogP contribution in [0.4, 0.5) is 4.79 Å². The number of fused-ring (bicyclic) bond motifs is 1. The van der Waals surface area contributed by atoms with Crippen LogP contribution in [-0.4, -0.2) is 29.0 Å². The average molecular weight is 304 g/mol. The molecule has 2 amide bonds. The third-order valence-corrected chi connectivity index (χ3v) is 3.59. The predicted molar refractivity (Wildman–Crippen MR) is 84.3 cm³/mol. The minimum atomic E-state index is -0.476. The summed E-state index contributed by atoms with van der Waals surface area (Å²) in [5.41, 5.74) is 8.20. The van der Waals surface area contributed by atoms with Gasteiger partial charge in [0.2, 0.25) is 5.91 Å². The molecular formula is C17H24N2O3. The molecule has 1 heterocycles. The molecule has 22 heavy (non-hydrogen) atoms. The Bertz CT molecular complexity index is 576. The summed E-state index contributed by atoms with van der Waals surface area (Å²) in [6, 6.07) is 6.15. The molecule has 0 radical (unpaired) electrons. The standard InChI is InChI=1S/C17H24N2O3/c1-17(2,3)22-16(21)19-9-8-13-10-12(5-7-15(18)20)4-6-14(13)11-19/h4,6,10H,5,7-9,11H2,1-3H3,(H2,18,20). The monoisotopic (exact) mass is 304 g/mol. The third kappa shape index (κ3) is 4.48. The fourth-order valence-corrected chi connectivity index (χ4v) is 2.51. The van der Waals surface area contributed by atoms with E-state index in [9.17, 15) is 9.59 Å². The second-order valence-electron chi connectivity index (χ2n) is 6.72. The van der Waals surface area contributed by atoms with Gasteiger partial charge >= 0.3 is 6.09 Å². The first-order chi connectivity index (χ1) is 10.2. The van der Waals surface area contributed by atoms with Crippen molar-refractivity contribution in [1.82, 2.24) is 4.90 Å². The van der Waals surface area contributed by atoms with Gasteiger partial charge in [-0.2, -0.15) is 0 Å². The van der Waals surface area contributed by atoms with Gasteiger partial charge in [0, 0.05) is 19.5 Å². The van der Waals surface area contributed by atoms with E-state index >= 15 is 0 Å². The topological polar surface area (TPSA) is 72.6 Å². The second-order valence-corrected chi connectivity index (χ2v) is 6.72. The lowest BCUT2D eigenvalue weighted by Gasteiger charge is -2.31. The van der Waals surface area contributed by atoms with Crippen LogP contribution in [0.5, 0.6) is 0 Å². The van der Waals surface area contributed by atoms with E-state index in [0.29, 0.717) is 25.9 Å². The van der Waals surface area contributed by atoms with Crippen molar-refractivity contribution >= 4 is 12.0 Å². The van der Waals surface area contributed by atoms with Gasteiger partial charge in [0.25, 0.3) is 0 Å². The quantitative estimate of drug-likeness (QED) is 0.932. The van der Waals surface area contributed by atoms with E-state index < -0.39 is 5.60 Å². The fraction of sp³-hybridized carbons (Fsp3) is 0.529. The number of primary amides is 1. The number of carbonyl (C=O) groups excluding carboxylic acids is 2. The molecule has 1 aromatic carbocycles.